The minimum Gasteiger partial charge on any atom is -0.490 e. The summed E-state index contributed by atoms with van der Waals surface area (Å²) in [5.74, 6) is 5.92. The Kier molecular flexibility index (Phi) is 5.70. The smallest absolute Gasteiger partial charge is 0.128 e. The molecule has 1 aromatic carbocycles. The number of methoxy groups -OCH3 is 1. The quantitative estimate of drug-likeness (QED) is 0.625. The van der Waals surface area contributed by atoms with Crippen molar-refractivity contribution in [3.05, 3.63) is 29.6 Å². The molecule has 0 bridgehead atoms. The van der Waals surface area contributed by atoms with Gasteiger partial charge in [-0.2, -0.15) is 0 Å². The molecule has 0 spiro atoms. The monoisotopic (exact) mass is 296 g/mol. The molecule has 1 aliphatic carbocycles. The Bertz CT molecular complexity index is 507. The van der Waals surface area contributed by atoms with E-state index in [2.05, 4.69) is 11.8 Å². The van der Waals surface area contributed by atoms with Crippen LogP contribution in [0.4, 0.5) is 4.39 Å². The Balaban J connectivity index is 2.06. The van der Waals surface area contributed by atoms with E-state index in [1.807, 2.05) is 0 Å². The largest absolute Gasteiger partial charge is 0.490 e. The van der Waals surface area contributed by atoms with Crippen LogP contribution in [0.25, 0.3) is 0 Å². The molecule has 2 nitrogen and oxygen atoms in total. The Labute approximate surface area is 124 Å². The van der Waals surface area contributed by atoms with E-state index >= 15 is 0 Å². The van der Waals surface area contributed by atoms with Gasteiger partial charge in [0.2, 0.25) is 0 Å². The van der Waals surface area contributed by atoms with Crippen molar-refractivity contribution < 1.29 is 13.9 Å². The molecule has 1 aliphatic rings. The molecule has 0 heterocycles. The summed E-state index contributed by atoms with van der Waals surface area (Å²) in [7, 11) is 1.72. The molecule has 0 N–H and O–H groups in total. The third kappa shape index (κ3) is 4.40. The van der Waals surface area contributed by atoms with E-state index in [4.69, 9.17) is 21.1 Å². The molecule has 2 atom stereocenters. The summed E-state index contributed by atoms with van der Waals surface area (Å²) in [6.07, 6.45) is 4.25. The SMILES string of the molecule is COC1CCCC(Oc2cc(F)cc(C#CCCl)c2)C1. The minimum absolute atomic E-state index is 0.0735. The molecule has 20 heavy (non-hydrogen) atoms. The molecule has 0 aliphatic heterocycles. The van der Waals surface area contributed by atoms with Gasteiger partial charge in [-0.25, -0.2) is 4.39 Å². The van der Waals surface area contributed by atoms with Crippen molar-refractivity contribution in [2.24, 2.45) is 0 Å². The van der Waals surface area contributed by atoms with E-state index in [1.54, 1.807) is 13.2 Å². The topological polar surface area (TPSA) is 18.5 Å². The fourth-order valence-corrected chi connectivity index (χ4v) is 2.52. The van der Waals surface area contributed by atoms with Gasteiger partial charge in [-0.3, -0.25) is 0 Å². The van der Waals surface area contributed by atoms with Gasteiger partial charge in [0.05, 0.1) is 12.0 Å². The van der Waals surface area contributed by atoms with Crippen LogP contribution in [0.15, 0.2) is 18.2 Å². The number of benzene rings is 1. The molecule has 0 amide bonds. The molecule has 1 saturated carbocycles. The molecule has 108 valence electrons. The zero-order valence-electron chi connectivity index (χ0n) is 11.5. The van der Waals surface area contributed by atoms with Crippen LogP contribution in [0.3, 0.4) is 0 Å². The van der Waals surface area contributed by atoms with Crippen LogP contribution in [0.1, 0.15) is 31.2 Å². The lowest BCUT2D eigenvalue weighted by atomic mass is 9.95. The third-order valence-electron chi connectivity index (χ3n) is 3.38. The van der Waals surface area contributed by atoms with Gasteiger partial charge in [0.1, 0.15) is 17.7 Å². The lowest BCUT2D eigenvalue weighted by Gasteiger charge is -2.28. The highest BCUT2D eigenvalue weighted by Crippen LogP contribution is 2.26. The van der Waals surface area contributed by atoms with E-state index in [9.17, 15) is 4.39 Å². The van der Waals surface area contributed by atoms with Crippen molar-refractivity contribution in [1.29, 1.82) is 0 Å². The minimum atomic E-state index is -0.347. The Hall–Kier alpha value is -1.24. The number of alkyl halides is 1. The van der Waals surface area contributed by atoms with Crippen molar-refractivity contribution in [1.82, 2.24) is 0 Å². The summed E-state index contributed by atoms with van der Waals surface area (Å²) in [5, 5.41) is 0. The maximum atomic E-state index is 13.5. The number of rotatable bonds is 3. The van der Waals surface area contributed by atoms with Crippen molar-refractivity contribution in [3.8, 4) is 17.6 Å². The Morgan fingerprint density at radius 2 is 2.10 bits per heavy atom. The van der Waals surface area contributed by atoms with E-state index in [0.717, 1.165) is 25.7 Å². The third-order valence-corrected chi connectivity index (χ3v) is 3.52. The van der Waals surface area contributed by atoms with Crippen LogP contribution in [0, 0.1) is 17.7 Å². The van der Waals surface area contributed by atoms with Gasteiger partial charge in [0.25, 0.3) is 0 Å². The molecular formula is C16H18ClFO2. The maximum Gasteiger partial charge on any atom is 0.128 e. The van der Waals surface area contributed by atoms with Crippen LogP contribution in [0.5, 0.6) is 5.75 Å². The lowest BCUT2D eigenvalue weighted by molar-refractivity contribution is 0.0209. The highest BCUT2D eigenvalue weighted by atomic mass is 35.5. The van der Waals surface area contributed by atoms with Crippen molar-refractivity contribution in [2.75, 3.05) is 13.0 Å². The second-order valence-corrected chi connectivity index (χ2v) is 5.14. The zero-order valence-corrected chi connectivity index (χ0v) is 12.3. The molecule has 4 heteroatoms. The predicted octanol–water partition coefficient (Wildman–Crippen LogP) is 3.75. The normalized spacial score (nSPS) is 21.9. The second-order valence-electron chi connectivity index (χ2n) is 4.88. The fourth-order valence-electron chi connectivity index (χ4n) is 2.45. The first kappa shape index (κ1) is 15.2. The highest BCUT2D eigenvalue weighted by Gasteiger charge is 2.23. The van der Waals surface area contributed by atoms with E-state index in [-0.39, 0.29) is 23.9 Å². The summed E-state index contributed by atoms with van der Waals surface area (Å²) >= 11 is 5.51. The zero-order chi connectivity index (χ0) is 14.4. The Morgan fingerprint density at radius 3 is 2.85 bits per heavy atom. The van der Waals surface area contributed by atoms with Crippen molar-refractivity contribution >= 4 is 11.6 Å². The number of hydrogen-bond acceptors (Lipinski definition) is 2. The second kappa shape index (κ2) is 7.52. The van der Waals surface area contributed by atoms with Gasteiger partial charge < -0.3 is 9.47 Å². The molecule has 0 radical (unpaired) electrons. The van der Waals surface area contributed by atoms with Crippen LogP contribution in [-0.4, -0.2) is 25.2 Å². The van der Waals surface area contributed by atoms with E-state index in [0.29, 0.717) is 11.3 Å². The summed E-state index contributed by atoms with van der Waals surface area (Å²) in [6, 6.07) is 4.52. The maximum absolute atomic E-state index is 13.5. The van der Waals surface area contributed by atoms with E-state index in [1.165, 1.54) is 12.1 Å². The van der Waals surface area contributed by atoms with Crippen LogP contribution < -0.4 is 4.74 Å². The Morgan fingerprint density at radius 1 is 1.30 bits per heavy atom. The summed E-state index contributed by atoms with van der Waals surface area (Å²) in [4.78, 5) is 0. The van der Waals surface area contributed by atoms with Gasteiger partial charge in [-0.15, -0.1) is 11.6 Å². The average molecular weight is 297 g/mol. The van der Waals surface area contributed by atoms with Crippen LogP contribution in [-0.2, 0) is 4.74 Å². The van der Waals surface area contributed by atoms with Crippen LogP contribution in [0.2, 0.25) is 0 Å². The molecule has 2 unspecified atom stereocenters. The number of ether oxygens (including phenoxy) is 2. The predicted molar refractivity (Wildman–Crippen MR) is 77.7 cm³/mol. The summed E-state index contributed by atoms with van der Waals surface area (Å²) in [6.45, 7) is 0. The molecule has 0 aromatic heterocycles. The molecular weight excluding hydrogens is 279 g/mol. The number of halogens is 2. The molecule has 0 saturated heterocycles. The number of hydrogen-bond donors (Lipinski definition) is 0. The van der Waals surface area contributed by atoms with Gasteiger partial charge >= 0.3 is 0 Å². The molecule has 2 rings (SSSR count). The van der Waals surface area contributed by atoms with Gasteiger partial charge in [-0.05, 0) is 31.4 Å². The van der Waals surface area contributed by atoms with Gasteiger partial charge in [-0.1, -0.05) is 11.8 Å². The molecule has 1 fully saturated rings. The summed E-state index contributed by atoms with van der Waals surface area (Å²) < 4.78 is 24.8. The van der Waals surface area contributed by atoms with E-state index < -0.39 is 0 Å². The molecule has 1 aromatic rings. The van der Waals surface area contributed by atoms with Gasteiger partial charge in [0.15, 0.2) is 0 Å². The van der Waals surface area contributed by atoms with Crippen molar-refractivity contribution in [3.63, 3.8) is 0 Å². The summed E-state index contributed by atoms with van der Waals surface area (Å²) in [5.41, 5.74) is 0.583. The van der Waals surface area contributed by atoms with Crippen molar-refractivity contribution in [2.45, 2.75) is 37.9 Å². The fraction of sp³-hybridized carbons (Fsp3) is 0.500. The lowest BCUT2D eigenvalue weighted by Crippen LogP contribution is -2.29. The standard InChI is InChI=1S/C16H18ClFO2/c1-19-14-5-2-6-15(11-14)20-16-9-12(4-3-7-17)8-13(18)10-16/h8-10,14-15H,2,5-7,11H2,1H3. The first-order chi connectivity index (χ1) is 9.71. The van der Waals surface area contributed by atoms with Gasteiger partial charge in [0, 0.05) is 25.2 Å². The first-order valence-electron chi connectivity index (χ1n) is 6.76. The average Bonchev–Trinajstić information content (AvgIpc) is 2.44. The van der Waals surface area contributed by atoms with Crippen LogP contribution >= 0.6 is 11.6 Å². The first-order valence-corrected chi connectivity index (χ1v) is 7.29. The highest BCUT2D eigenvalue weighted by molar-refractivity contribution is 6.19.